The number of hydrogen-bond donors (Lipinski definition) is 0. The van der Waals surface area contributed by atoms with Gasteiger partial charge in [-0.15, -0.1) is 0 Å². The molecule has 0 aliphatic heterocycles. The number of carbonyl (C=O) groups is 2. The normalized spacial score (nSPS) is 22.3. The van der Waals surface area contributed by atoms with E-state index in [2.05, 4.69) is 20.8 Å². The van der Waals surface area contributed by atoms with Crippen molar-refractivity contribution in [2.45, 2.75) is 46.1 Å². The maximum Gasteiger partial charge on any atom is 0.342 e. The van der Waals surface area contributed by atoms with Crippen molar-refractivity contribution < 1.29 is 14.3 Å². The predicted molar refractivity (Wildman–Crippen MR) is 116 cm³/mol. The van der Waals surface area contributed by atoms with Crippen molar-refractivity contribution in [2.24, 2.45) is 17.8 Å². The molecular weight excluding hydrogens is 360 g/mol. The van der Waals surface area contributed by atoms with Crippen molar-refractivity contribution in [1.82, 2.24) is 0 Å². The van der Waals surface area contributed by atoms with Crippen molar-refractivity contribution in [1.29, 1.82) is 0 Å². The van der Waals surface area contributed by atoms with E-state index in [1.165, 1.54) is 0 Å². The molecule has 3 atom stereocenters. The van der Waals surface area contributed by atoms with Crippen LogP contribution in [0.3, 0.4) is 0 Å². The van der Waals surface area contributed by atoms with E-state index in [0.717, 1.165) is 24.8 Å². The Labute approximate surface area is 173 Å². The van der Waals surface area contributed by atoms with Crippen LogP contribution in [0.2, 0.25) is 0 Å². The van der Waals surface area contributed by atoms with Gasteiger partial charge in [-0.2, -0.15) is 0 Å². The van der Waals surface area contributed by atoms with Crippen LogP contribution in [0.25, 0.3) is 6.08 Å². The summed E-state index contributed by atoms with van der Waals surface area (Å²) in [5, 5.41) is 0. The van der Waals surface area contributed by atoms with Gasteiger partial charge in [0, 0.05) is 5.56 Å². The first-order valence-corrected chi connectivity index (χ1v) is 10.5. The quantitative estimate of drug-likeness (QED) is 0.201. The summed E-state index contributed by atoms with van der Waals surface area (Å²) in [6.45, 7) is 6.56. The third-order valence-electron chi connectivity index (χ3n) is 5.83. The van der Waals surface area contributed by atoms with Gasteiger partial charge in [0.15, 0.2) is 5.78 Å². The van der Waals surface area contributed by atoms with Crippen LogP contribution in [0.15, 0.2) is 66.2 Å². The zero-order chi connectivity index (χ0) is 20.8. The Morgan fingerprint density at radius 2 is 1.59 bits per heavy atom. The van der Waals surface area contributed by atoms with Crippen LogP contribution in [0, 0.1) is 17.8 Å². The fraction of sp³-hybridized carbons (Fsp3) is 0.385. The van der Waals surface area contributed by atoms with Gasteiger partial charge in [-0.05, 0) is 42.2 Å². The van der Waals surface area contributed by atoms with Gasteiger partial charge in [-0.1, -0.05) is 87.9 Å². The zero-order valence-corrected chi connectivity index (χ0v) is 17.5. The summed E-state index contributed by atoms with van der Waals surface area (Å²) in [4.78, 5) is 26.3. The van der Waals surface area contributed by atoms with Gasteiger partial charge in [0.1, 0.15) is 11.7 Å². The third-order valence-corrected chi connectivity index (χ3v) is 5.83. The fourth-order valence-corrected chi connectivity index (χ4v) is 4.13. The molecule has 1 fully saturated rings. The smallest absolute Gasteiger partial charge is 0.342 e. The minimum Gasteiger partial charge on any atom is -0.458 e. The molecule has 152 valence electrons. The monoisotopic (exact) mass is 390 g/mol. The number of benzene rings is 2. The van der Waals surface area contributed by atoms with Gasteiger partial charge in [0.2, 0.25) is 0 Å². The van der Waals surface area contributed by atoms with Crippen LogP contribution >= 0.6 is 0 Å². The van der Waals surface area contributed by atoms with Crippen LogP contribution in [0.4, 0.5) is 0 Å². The van der Waals surface area contributed by atoms with Crippen LogP contribution in [0.5, 0.6) is 0 Å². The summed E-state index contributed by atoms with van der Waals surface area (Å²) in [6, 6.07) is 18.4. The van der Waals surface area contributed by atoms with Crippen LogP contribution in [0.1, 0.15) is 56.0 Å². The number of hydrogen-bond acceptors (Lipinski definition) is 3. The molecular formula is C26H30O3. The number of ketones is 1. The van der Waals surface area contributed by atoms with Gasteiger partial charge in [-0.25, -0.2) is 4.79 Å². The fourth-order valence-electron chi connectivity index (χ4n) is 4.13. The standard InChI is InChI=1S/C26H30O3/c1-18(2)22-15-14-19(3)16-24(22)29-26(28)23(17-20-10-6-4-7-11-20)25(27)21-12-8-5-9-13-21/h4-13,17-19,22,24H,14-16H2,1-3H3/b23-17-/t19-,22-,24+/m1/s1. The molecule has 1 aliphatic carbocycles. The zero-order valence-electron chi connectivity index (χ0n) is 17.5. The summed E-state index contributed by atoms with van der Waals surface area (Å²) in [7, 11) is 0. The van der Waals surface area contributed by atoms with Gasteiger partial charge < -0.3 is 4.74 Å². The minimum absolute atomic E-state index is 0.0862. The topological polar surface area (TPSA) is 43.4 Å². The molecule has 0 saturated heterocycles. The lowest BCUT2D eigenvalue weighted by molar-refractivity contribution is -0.150. The predicted octanol–water partition coefficient (Wildman–Crippen LogP) is 5.96. The highest BCUT2D eigenvalue weighted by atomic mass is 16.5. The molecule has 0 unspecified atom stereocenters. The van der Waals surface area contributed by atoms with Gasteiger partial charge in [-0.3, -0.25) is 4.79 Å². The second kappa shape index (κ2) is 9.69. The molecule has 0 radical (unpaired) electrons. The van der Waals surface area contributed by atoms with Crippen molar-refractivity contribution in [3.8, 4) is 0 Å². The SMILES string of the molecule is CC(C)[C@H]1CC[C@@H](C)C[C@@H]1OC(=O)/C(=C\c1ccccc1)C(=O)c1ccccc1. The largest absolute Gasteiger partial charge is 0.458 e. The maximum absolute atomic E-state index is 13.2. The highest BCUT2D eigenvalue weighted by Crippen LogP contribution is 2.36. The first-order valence-electron chi connectivity index (χ1n) is 10.5. The number of carbonyl (C=O) groups excluding carboxylic acids is 2. The van der Waals surface area contributed by atoms with E-state index in [4.69, 9.17) is 4.74 Å². The summed E-state index contributed by atoms with van der Waals surface area (Å²) in [5.41, 5.74) is 1.38. The van der Waals surface area contributed by atoms with E-state index in [9.17, 15) is 9.59 Å². The van der Waals surface area contributed by atoms with E-state index in [1.54, 1.807) is 30.3 Å². The Kier molecular flexibility index (Phi) is 7.03. The Hall–Kier alpha value is -2.68. The second-order valence-electron chi connectivity index (χ2n) is 8.43. The molecule has 0 bridgehead atoms. The number of esters is 1. The Bertz CT molecular complexity index is 852. The van der Waals surface area contributed by atoms with Crippen LogP contribution < -0.4 is 0 Å². The van der Waals surface area contributed by atoms with E-state index in [0.29, 0.717) is 23.3 Å². The van der Waals surface area contributed by atoms with Gasteiger partial charge in [0.05, 0.1) is 0 Å². The van der Waals surface area contributed by atoms with E-state index in [-0.39, 0.29) is 17.5 Å². The lowest BCUT2D eigenvalue weighted by Crippen LogP contribution is -2.36. The van der Waals surface area contributed by atoms with Crippen LogP contribution in [-0.2, 0) is 9.53 Å². The average Bonchev–Trinajstić information content (AvgIpc) is 2.72. The Morgan fingerprint density at radius 3 is 2.21 bits per heavy atom. The molecule has 0 spiro atoms. The number of ether oxygens (including phenoxy) is 1. The van der Waals surface area contributed by atoms with E-state index < -0.39 is 5.97 Å². The molecule has 0 aromatic heterocycles. The van der Waals surface area contributed by atoms with Crippen LogP contribution in [-0.4, -0.2) is 17.9 Å². The first kappa shape index (κ1) is 21.0. The summed E-state index contributed by atoms with van der Waals surface area (Å²) >= 11 is 0. The molecule has 29 heavy (non-hydrogen) atoms. The molecule has 1 aliphatic rings. The Morgan fingerprint density at radius 1 is 0.966 bits per heavy atom. The van der Waals surface area contributed by atoms with Crippen molar-refractivity contribution in [2.75, 3.05) is 0 Å². The molecule has 3 nitrogen and oxygen atoms in total. The summed E-state index contributed by atoms with van der Waals surface area (Å²) in [5.74, 6) is 0.470. The number of Topliss-reactive ketones (excluding diaryl/α,β-unsaturated/α-hetero) is 1. The molecule has 2 aromatic carbocycles. The Balaban J connectivity index is 1.90. The van der Waals surface area contributed by atoms with E-state index in [1.807, 2.05) is 36.4 Å². The molecule has 3 rings (SSSR count). The molecule has 3 heteroatoms. The third kappa shape index (κ3) is 5.44. The summed E-state index contributed by atoms with van der Waals surface area (Å²) in [6.07, 6.45) is 4.57. The highest BCUT2D eigenvalue weighted by molar-refractivity contribution is 6.26. The number of rotatable bonds is 6. The van der Waals surface area contributed by atoms with E-state index >= 15 is 0 Å². The lowest BCUT2D eigenvalue weighted by Gasteiger charge is -2.36. The van der Waals surface area contributed by atoms with Crippen molar-refractivity contribution in [3.05, 3.63) is 77.4 Å². The van der Waals surface area contributed by atoms with Crippen molar-refractivity contribution in [3.63, 3.8) is 0 Å². The highest BCUT2D eigenvalue weighted by Gasteiger charge is 2.35. The van der Waals surface area contributed by atoms with Crippen molar-refractivity contribution >= 4 is 17.8 Å². The molecule has 0 N–H and O–H groups in total. The molecule has 0 amide bonds. The minimum atomic E-state index is -0.521. The van der Waals surface area contributed by atoms with Gasteiger partial charge >= 0.3 is 5.97 Å². The van der Waals surface area contributed by atoms with Gasteiger partial charge in [0.25, 0.3) is 0 Å². The molecule has 2 aromatic rings. The lowest BCUT2D eigenvalue weighted by atomic mass is 9.75. The first-order chi connectivity index (χ1) is 14.0. The second-order valence-corrected chi connectivity index (χ2v) is 8.43. The maximum atomic E-state index is 13.2. The molecule has 1 saturated carbocycles. The summed E-state index contributed by atoms with van der Waals surface area (Å²) < 4.78 is 5.98. The molecule has 0 heterocycles. The average molecular weight is 391 g/mol.